The highest BCUT2D eigenvalue weighted by Crippen LogP contribution is 2.37. The fourth-order valence-corrected chi connectivity index (χ4v) is 4.80. The number of rotatable bonds is 4. The molecule has 5 rings (SSSR count). The third kappa shape index (κ3) is 2.99. The molecule has 2 aliphatic heterocycles. The molecule has 0 radical (unpaired) electrons. The van der Waals surface area contributed by atoms with E-state index in [1.807, 2.05) is 24.4 Å². The Kier molecular flexibility index (Phi) is 4.79. The predicted molar refractivity (Wildman–Crippen MR) is 116 cm³/mol. The fourth-order valence-electron chi connectivity index (χ4n) is 4.80. The lowest BCUT2D eigenvalue weighted by Gasteiger charge is -2.29. The summed E-state index contributed by atoms with van der Waals surface area (Å²) < 4.78 is 12.6. The molecule has 0 bridgehead atoms. The van der Waals surface area contributed by atoms with Gasteiger partial charge < -0.3 is 9.47 Å². The van der Waals surface area contributed by atoms with Crippen LogP contribution in [-0.2, 0) is 0 Å². The molecule has 2 aliphatic rings. The highest BCUT2D eigenvalue weighted by Gasteiger charge is 2.30. The summed E-state index contributed by atoms with van der Waals surface area (Å²) in [6.45, 7) is 2.16. The molecule has 154 valence electrons. The van der Waals surface area contributed by atoms with Crippen LogP contribution >= 0.6 is 0 Å². The molecule has 1 atom stereocenters. The maximum absolute atomic E-state index is 13.6. The Balaban J connectivity index is 1.63. The Labute approximate surface area is 175 Å². The monoisotopic (exact) mass is 403 g/mol. The van der Waals surface area contributed by atoms with Gasteiger partial charge in [0.25, 0.3) is 5.91 Å². The zero-order valence-electron chi connectivity index (χ0n) is 17.3. The van der Waals surface area contributed by atoms with Crippen LogP contribution in [0.15, 0.2) is 48.8 Å². The lowest BCUT2D eigenvalue weighted by atomic mass is 9.94. The Morgan fingerprint density at radius 3 is 2.70 bits per heavy atom. The van der Waals surface area contributed by atoms with Crippen molar-refractivity contribution in [1.29, 1.82) is 0 Å². The summed E-state index contributed by atoms with van der Waals surface area (Å²) in [4.78, 5) is 20.7. The maximum Gasteiger partial charge on any atom is 0.271 e. The number of benzene rings is 1. The summed E-state index contributed by atoms with van der Waals surface area (Å²) in [6.07, 6.45) is 9.49. The molecular formula is C24H25N3O3. The van der Waals surface area contributed by atoms with Gasteiger partial charge in [0.2, 0.25) is 0 Å². The van der Waals surface area contributed by atoms with E-state index in [0.29, 0.717) is 28.8 Å². The van der Waals surface area contributed by atoms with Gasteiger partial charge in [-0.15, -0.1) is 0 Å². The van der Waals surface area contributed by atoms with Crippen LogP contribution in [0.5, 0.6) is 11.5 Å². The summed E-state index contributed by atoms with van der Waals surface area (Å²) in [5, 5.41) is 0.998. The van der Waals surface area contributed by atoms with Crippen LogP contribution in [0.1, 0.15) is 35.2 Å². The second-order valence-corrected chi connectivity index (χ2v) is 7.85. The Hall–Kier alpha value is -3.12. The summed E-state index contributed by atoms with van der Waals surface area (Å²) in [5.41, 5.74) is 3.44. The standard InChI is InChI=1S/C24H25N3O3/c1-29-20-8-3-9-21(30-2)22(20)24(28)27-15-19(18-7-4-11-25-23(18)27)16-10-13-26-12-5-6-17(26)14-16/h3-4,7-11,15,17H,5-6,12-14H2,1-2H3. The topological polar surface area (TPSA) is 56.6 Å². The van der Waals surface area contributed by atoms with Gasteiger partial charge in [0.1, 0.15) is 22.7 Å². The fraction of sp³-hybridized carbons (Fsp3) is 0.333. The second-order valence-electron chi connectivity index (χ2n) is 7.85. The van der Waals surface area contributed by atoms with Crippen LogP contribution in [-0.4, -0.2) is 53.7 Å². The van der Waals surface area contributed by atoms with Gasteiger partial charge in [-0.05, 0) is 55.6 Å². The van der Waals surface area contributed by atoms with E-state index in [9.17, 15) is 4.79 Å². The van der Waals surface area contributed by atoms with E-state index in [2.05, 4.69) is 16.0 Å². The number of ether oxygens (including phenoxy) is 2. The summed E-state index contributed by atoms with van der Waals surface area (Å²) >= 11 is 0. The van der Waals surface area contributed by atoms with E-state index < -0.39 is 0 Å². The maximum atomic E-state index is 13.6. The molecule has 2 aromatic heterocycles. The van der Waals surface area contributed by atoms with Crippen LogP contribution in [0.25, 0.3) is 16.6 Å². The van der Waals surface area contributed by atoms with Crippen molar-refractivity contribution in [3.63, 3.8) is 0 Å². The quantitative estimate of drug-likeness (QED) is 0.659. The summed E-state index contributed by atoms with van der Waals surface area (Å²) in [7, 11) is 3.12. The molecule has 0 amide bonds. The Morgan fingerprint density at radius 1 is 1.13 bits per heavy atom. The van der Waals surface area contributed by atoms with Crippen molar-refractivity contribution in [3.8, 4) is 11.5 Å². The number of carbonyl (C=O) groups is 1. The molecule has 6 heteroatoms. The minimum Gasteiger partial charge on any atom is -0.496 e. The third-order valence-electron chi connectivity index (χ3n) is 6.30. The molecule has 0 saturated carbocycles. The van der Waals surface area contributed by atoms with Crippen molar-refractivity contribution in [2.24, 2.45) is 0 Å². The van der Waals surface area contributed by atoms with Gasteiger partial charge in [-0.3, -0.25) is 14.3 Å². The first kappa shape index (κ1) is 18.9. The molecule has 1 unspecified atom stereocenters. The van der Waals surface area contributed by atoms with E-state index in [1.165, 1.54) is 25.0 Å². The first-order valence-corrected chi connectivity index (χ1v) is 10.4. The van der Waals surface area contributed by atoms with Crippen LogP contribution in [0.2, 0.25) is 0 Å². The van der Waals surface area contributed by atoms with E-state index in [-0.39, 0.29) is 5.91 Å². The van der Waals surface area contributed by atoms with Crippen molar-refractivity contribution in [2.75, 3.05) is 27.3 Å². The van der Waals surface area contributed by atoms with Gasteiger partial charge in [0.15, 0.2) is 0 Å². The molecule has 6 nitrogen and oxygen atoms in total. The Bertz CT molecular complexity index is 1130. The number of fused-ring (bicyclic) bond motifs is 2. The van der Waals surface area contributed by atoms with Gasteiger partial charge in [0, 0.05) is 35.9 Å². The average molecular weight is 403 g/mol. The van der Waals surface area contributed by atoms with E-state index in [1.54, 1.807) is 37.1 Å². The van der Waals surface area contributed by atoms with Crippen LogP contribution in [0.4, 0.5) is 0 Å². The van der Waals surface area contributed by atoms with E-state index >= 15 is 0 Å². The van der Waals surface area contributed by atoms with E-state index in [0.717, 1.165) is 23.9 Å². The first-order valence-electron chi connectivity index (χ1n) is 10.4. The number of nitrogens with zero attached hydrogens (tertiary/aromatic N) is 3. The predicted octanol–water partition coefficient (Wildman–Crippen LogP) is 3.99. The van der Waals surface area contributed by atoms with Gasteiger partial charge >= 0.3 is 0 Å². The van der Waals surface area contributed by atoms with Crippen molar-refractivity contribution in [1.82, 2.24) is 14.5 Å². The van der Waals surface area contributed by atoms with Gasteiger partial charge in [0.05, 0.1) is 14.2 Å². The number of methoxy groups -OCH3 is 2. The molecule has 0 N–H and O–H groups in total. The van der Waals surface area contributed by atoms with Crippen molar-refractivity contribution < 1.29 is 14.3 Å². The minimum atomic E-state index is -0.210. The molecule has 4 heterocycles. The normalized spacial score (nSPS) is 18.9. The van der Waals surface area contributed by atoms with Crippen molar-refractivity contribution in [3.05, 3.63) is 59.9 Å². The number of carbonyl (C=O) groups excluding carboxylic acids is 1. The smallest absolute Gasteiger partial charge is 0.271 e. The first-order chi connectivity index (χ1) is 14.7. The molecule has 3 aromatic rings. The molecule has 1 fully saturated rings. The van der Waals surface area contributed by atoms with Gasteiger partial charge in [-0.2, -0.15) is 0 Å². The second kappa shape index (κ2) is 7.61. The molecule has 1 saturated heterocycles. The molecular weight excluding hydrogens is 378 g/mol. The number of hydrogen-bond acceptors (Lipinski definition) is 5. The number of hydrogen-bond donors (Lipinski definition) is 0. The zero-order valence-corrected chi connectivity index (χ0v) is 17.3. The number of pyridine rings is 1. The van der Waals surface area contributed by atoms with Gasteiger partial charge in [-0.25, -0.2) is 4.98 Å². The average Bonchev–Trinajstić information content (AvgIpc) is 3.42. The Morgan fingerprint density at radius 2 is 1.93 bits per heavy atom. The largest absolute Gasteiger partial charge is 0.496 e. The molecule has 0 aliphatic carbocycles. The minimum absolute atomic E-state index is 0.210. The van der Waals surface area contributed by atoms with E-state index in [4.69, 9.17) is 9.47 Å². The third-order valence-corrected chi connectivity index (χ3v) is 6.30. The highest BCUT2D eigenvalue weighted by atomic mass is 16.5. The highest BCUT2D eigenvalue weighted by molar-refractivity contribution is 6.07. The van der Waals surface area contributed by atoms with Crippen LogP contribution in [0, 0.1) is 0 Å². The SMILES string of the molecule is COc1cccc(OC)c1C(=O)n1cc(C2=CCN3CCCC3C2)c2cccnc21. The molecule has 1 aromatic carbocycles. The van der Waals surface area contributed by atoms with Crippen molar-refractivity contribution >= 4 is 22.5 Å². The number of aromatic nitrogens is 2. The molecule has 0 spiro atoms. The van der Waals surface area contributed by atoms with Crippen molar-refractivity contribution in [2.45, 2.75) is 25.3 Å². The molecule has 30 heavy (non-hydrogen) atoms. The van der Waals surface area contributed by atoms with Crippen LogP contribution < -0.4 is 9.47 Å². The summed E-state index contributed by atoms with van der Waals surface area (Å²) in [5.74, 6) is 0.757. The lowest BCUT2D eigenvalue weighted by molar-refractivity contribution is 0.0958. The summed E-state index contributed by atoms with van der Waals surface area (Å²) in [6, 6.07) is 9.93. The zero-order chi connectivity index (χ0) is 20.7. The van der Waals surface area contributed by atoms with Crippen LogP contribution in [0.3, 0.4) is 0 Å². The lowest BCUT2D eigenvalue weighted by Crippen LogP contribution is -2.32. The van der Waals surface area contributed by atoms with Gasteiger partial charge in [-0.1, -0.05) is 12.1 Å².